The molecule has 2 aromatic carbocycles. The molecule has 362 valence electrons. The minimum atomic E-state index is -0.984. The first-order valence-electron chi connectivity index (χ1n) is 22.8. The number of fused-ring (bicyclic) bond motifs is 3. The molecule has 5 aromatic rings. The number of rotatable bonds is 18. The number of amides is 4. The summed E-state index contributed by atoms with van der Waals surface area (Å²) in [5.41, 5.74) is 7.76. The van der Waals surface area contributed by atoms with Crippen LogP contribution in [-0.4, -0.2) is 117 Å². The van der Waals surface area contributed by atoms with E-state index in [4.69, 9.17) is 26.1 Å². The standard InChI is InChI=1S/C49H60ClN9O7S2/c1-27-30(4)68-48-41(27)42(33-14-16-35(50)17-15-33)54-37(45-57-56-31(5)59(45)48)23-39(61)51-18-21-65-19-9-20-66-25-40(62)55-44(49(6,7)8)47(64)58-24-36(60)22-38(58)46(63)53-28(2)32-10-12-34(13-11-32)43-29(3)52-26-67-43/h10-17,26,28,36-38,44,60H,9,18-25H2,1-8H3,(H,51,61)(H,53,63)(H,55,62)/t28-,36-,37?,38?,44+/m0/s1. The highest BCUT2D eigenvalue weighted by atomic mass is 35.5. The summed E-state index contributed by atoms with van der Waals surface area (Å²) < 4.78 is 13.4. The predicted octanol–water partition coefficient (Wildman–Crippen LogP) is 6.53. The van der Waals surface area contributed by atoms with Crippen LogP contribution < -0.4 is 16.0 Å². The zero-order valence-electron chi connectivity index (χ0n) is 39.7. The van der Waals surface area contributed by atoms with Gasteiger partial charge in [0.2, 0.25) is 23.6 Å². The van der Waals surface area contributed by atoms with Gasteiger partial charge in [0.05, 0.1) is 47.0 Å². The Morgan fingerprint density at radius 3 is 2.32 bits per heavy atom. The number of ether oxygens (including phenoxy) is 2. The zero-order valence-corrected chi connectivity index (χ0v) is 42.1. The molecule has 1 saturated heterocycles. The molecule has 0 radical (unpaired) electrons. The van der Waals surface area contributed by atoms with E-state index in [0.717, 1.165) is 54.0 Å². The molecule has 4 N–H and O–H groups in total. The number of hydrogen-bond acceptors (Lipinski definition) is 13. The van der Waals surface area contributed by atoms with Gasteiger partial charge in [-0.3, -0.25) is 28.7 Å². The first-order chi connectivity index (χ1) is 32.4. The van der Waals surface area contributed by atoms with Crippen LogP contribution >= 0.6 is 34.3 Å². The smallest absolute Gasteiger partial charge is 0.246 e. The third kappa shape index (κ3) is 11.7. The highest BCUT2D eigenvalue weighted by Gasteiger charge is 2.45. The number of aryl methyl sites for hydroxylation is 3. The van der Waals surface area contributed by atoms with Crippen LogP contribution in [0.3, 0.4) is 0 Å². The molecule has 5 atom stereocenters. The van der Waals surface area contributed by atoms with Crippen LogP contribution in [-0.2, 0) is 28.7 Å². The summed E-state index contributed by atoms with van der Waals surface area (Å²) in [6.45, 7) is 16.2. The molecule has 2 aliphatic heterocycles. The second kappa shape index (κ2) is 21.9. The third-order valence-corrected chi connectivity index (χ3v) is 14.6. The number of aliphatic imine (C=N–C) groups is 1. The summed E-state index contributed by atoms with van der Waals surface area (Å²) in [5, 5.41) is 29.9. The number of β-amino-alcohol motifs (C(OH)–C–C–N with tert-alkyl or cyclic N) is 1. The minimum absolute atomic E-state index is 0.0302. The van der Waals surface area contributed by atoms with E-state index < -0.39 is 41.5 Å². The van der Waals surface area contributed by atoms with Gasteiger partial charge in [-0.2, -0.15) is 0 Å². The van der Waals surface area contributed by atoms with Crippen LogP contribution in [0.1, 0.15) is 104 Å². The first kappa shape index (κ1) is 50.5. The SMILES string of the molecule is Cc1ncsc1-c1ccc([C@H](C)NC(=O)C2C[C@H](O)CN2C(=O)[C@@H](NC(=O)COCCCOCCNC(=O)CC2N=C(c3ccc(Cl)cc3)c3c(sc(C)c3C)-n3c(C)nnc32)C(C)(C)C)cc1. The fourth-order valence-corrected chi connectivity index (χ4v) is 10.5. The van der Waals surface area contributed by atoms with Crippen molar-refractivity contribution in [2.24, 2.45) is 10.4 Å². The van der Waals surface area contributed by atoms with E-state index in [-0.39, 0.29) is 63.6 Å². The highest BCUT2D eigenvalue weighted by Crippen LogP contribution is 2.40. The summed E-state index contributed by atoms with van der Waals surface area (Å²) in [7, 11) is 0. The lowest BCUT2D eigenvalue weighted by Crippen LogP contribution is -2.58. The van der Waals surface area contributed by atoms with Crippen LogP contribution in [0.5, 0.6) is 0 Å². The average molecular weight is 987 g/mol. The van der Waals surface area contributed by atoms with E-state index in [1.165, 1.54) is 4.90 Å². The van der Waals surface area contributed by atoms with E-state index in [0.29, 0.717) is 29.7 Å². The Morgan fingerprint density at radius 1 is 0.926 bits per heavy atom. The molecule has 0 spiro atoms. The van der Waals surface area contributed by atoms with Crippen molar-refractivity contribution in [3.63, 3.8) is 0 Å². The molecular formula is C49H60ClN9O7S2. The average Bonchev–Trinajstić information content (AvgIpc) is 4.07. The van der Waals surface area contributed by atoms with Crippen molar-refractivity contribution in [2.75, 3.05) is 39.5 Å². The van der Waals surface area contributed by atoms with Crippen molar-refractivity contribution >= 4 is 63.6 Å². The van der Waals surface area contributed by atoms with Gasteiger partial charge in [0, 0.05) is 53.8 Å². The molecule has 0 bridgehead atoms. The summed E-state index contributed by atoms with van der Waals surface area (Å²) in [6, 6.07) is 12.6. The lowest BCUT2D eigenvalue weighted by atomic mass is 9.85. The number of halogens is 1. The van der Waals surface area contributed by atoms with Crippen LogP contribution in [0.4, 0.5) is 0 Å². The maximum atomic E-state index is 14.1. The monoisotopic (exact) mass is 985 g/mol. The molecule has 68 heavy (non-hydrogen) atoms. The maximum absolute atomic E-state index is 14.1. The summed E-state index contributed by atoms with van der Waals surface area (Å²) >= 11 is 9.45. The van der Waals surface area contributed by atoms with Gasteiger partial charge in [0.15, 0.2) is 5.82 Å². The fraction of sp³-hybridized carbons (Fsp3) is 0.469. The number of carbonyl (C=O) groups excluding carboxylic acids is 4. The van der Waals surface area contributed by atoms with Gasteiger partial charge in [-0.05, 0) is 75.3 Å². The second-order valence-corrected chi connectivity index (χ2v) is 20.9. The van der Waals surface area contributed by atoms with Gasteiger partial charge < -0.3 is 35.4 Å². The van der Waals surface area contributed by atoms with E-state index in [9.17, 15) is 24.3 Å². The Morgan fingerprint density at radius 2 is 1.63 bits per heavy atom. The third-order valence-electron chi connectivity index (χ3n) is 12.2. The number of aliphatic hydroxyl groups is 1. The molecule has 4 amide bonds. The van der Waals surface area contributed by atoms with Gasteiger partial charge in [-0.15, -0.1) is 32.9 Å². The van der Waals surface area contributed by atoms with Crippen molar-refractivity contribution in [3.8, 4) is 15.4 Å². The molecule has 2 unspecified atom stereocenters. The van der Waals surface area contributed by atoms with Crippen molar-refractivity contribution in [1.82, 2.24) is 40.6 Å². The molecule has 16 nitrogen and oxygen atoms in total. The predicted molar refractivity (Wildman–Crippen MR) is 264 cm³/mol. The molecule has 3 aromatic heterocycles. The summed E-state index contributed by atoms with van der Waals surface area (Å²) in [5.74, 6) is -0.217. The van der Waals surface area contributed by atoms with Crippen LogP contribution in [0.2, 0.25) is 5.02 Å². The number of benzene rings is 2. The molecule has 5 heterocycles. The van der Waals surface area contributed by atoms with E-state index in [1.807, 2.05) is 100 Å². The van der Waals surface area contributed by atoms with E-state index >= 15 is 0 Å². The van der Waals surface area contributed by atoms with Crippen LogP contribution in [0.15, 0.2) is 59.0 Å². The van der Waals surface area contributed by atoms with Gasteiger partial charge in [-0.25, -0.2) is 4.98 Å². The van der Waals surface area contributed by atoms with Crippen molar-refractivity contribution < 1.29 is 33.8 Å². The number of thiazole rings is 1. The number of likely N-dealkylation sites (tertiary alicyclic amines) is 1. The maximum Gasteiger partial charge on any atom is 0.246 e. The summed E-state index contributed by atoms with van der Waals surface area (Å²) in [4.78, 5) is 67.3. The normalized spacial score (nSPS) is 17.7. The molecule has 0 saturated carbocycles. The number of aliphatic hydroxyl groups excluding tert-OH is 1. The minimum Gasteiger partial charge on any atom is -0.391 e. The number of carbonyl (C=O) groups is 4. The largest absolute Gasteiger partial charge is 0.391 e. The fourth-order valence-electron chi connectivity index (χ4n) is 8.39. The Balaban J connectivity index is 0.840. The quantitative estimate of drug-likeness (QED) is 0.0700. The van der Waals surface area contributed by atoms with Gasteiger partial charge >= 0.3 is 0 Å². The number of nitrogens with one attached hydrogen (secondary N) is 3. The van der Waals surface area contributed by atoms with E-state index in [2.05, 4.69) is 45.0 Å². The van der Waals surface area contributed by atoms with Crippen molar-refractivity contribution in [3.05, 3.63) is 104 Å². The molecule has 19 heteroatoms. The topological polar surface area (TPSA) is 202 Å². The van der Waals surface area contributed by atoms with Gasteiger partial charge in [0.1, 0.15) is 35.6 Å². The Labute approximate surface area is 409 Å². The lowest BCUT2D eigenvalue weighted by molar-refractivity contribution is -0.144. The molecular weight excluding hydrogens is 926 g/mol. The number of aromatic nitrogens is 4. The van der Waals surface area contributed by atoms with Crippen LogP contribution in [0.25, 0.3) is 15.4 Å². The Kier molecular flexibility index (Phi) is 16.3. The zero-order chi connectivity index (χ0) is 48.9. The van der Waals surface area contributed by atoms with Crippen molar-refractivity contribution in [1.29, 1.82) is 0 Å². The molecule has 1 fully saturated rings. The molecule has 2 aliphatic rings. The van der Waals surface area contributed by atoms with Gasteiger partial charge in [-0.1, -0.05) is 68.8 Å². The van der Waals surface area contributed by atoms with Crippen molar-refractivity contribution in [2.45, 2.75) is 105 Å². The number of nitrogens with zero attached hydrogens (tertiary/aromatic N) is 6. The molecule has 0 aliphatic carbocycles. The number of hydrogen-bond donors (Lipinski definition) is 4. The van der Waals surface area contributed by atoms with Crippen LogP contribution in [0, 0.1) is 33.1 Å². The first-order valence-corrected chi connectivity index (χ1v) is 24.9. The Bertz CT molecular complexity index is 2640. The second-order valence-electron chi connectivity index (χ2n) is 18.4. The Hall–Kier alpha value is -5.37. The highest BCUT2D eigenvalue weighted by molar-refractivity contribution is 7.15. The lowest BCUT2D eigenvalue weighted by Gasteiger charge is -2.35. The van der Waals surface area contributed by atoms with Gasteiger partial charge in [0.25, 0.3) is 0 Å². The van der Waals surface area contributed by atoms with E-state index in [1.54, 1.807) is 22.7 Å². The molecule has 7 rings (SSSR count). The summed E-state index contributed by atoms with van der Waals surface area (Å²) in [6.07, 6.45) is -0.264. The number of thiophene rings is 1.